The molecule has 0 atom stereocenters. The van der Waals surface area contributed by atoms with Crippen molar-refractivity contribution in [1.82, 2.24) is 4.98 Å². The van der Waals surface area contributed by atoms with Gasteiger partial charge in [0.05, 0.1) is 25.6 Å². The van der Waals surface area contributed by atoms with Crippen LogP contribution in [-0.4, -0.2) is 25.1 Å². The van der Waals surface area contributed by atoms with Crippen molar-refractivity contribution in [1.29, 1.82) is 0 Å². The lowest BCUT2D eigenvalue weighted by atomic mass is 10.1. The molecule has 1 aromatic heterocycles. The Morgan fingerprint density at radius 2 is 1.88 bits per heavy atom. The number of hydrogen-bond acceptors (Lipinski definition) is 6. The lowest BCUT2D eigenvalue weighted by molar-refractivity contribution is 0.102. The van der Waals surface area contributed by atoms with Crippen molar-refractivity contribution in [2.75, 3.05) is 25.3 Å². The largest absolute Gasteiger partial charge is 0.493 e. The lowest BCUT2D eigenvalue weighted by Gasteiger charge is -2.12. The number of nitrogens with zero attached hydrogens (tertiary/aromatic N) is 1. The molecule has 0 unspecified atom stereocenters. The quantitative estimate of drug-likeness (QED) is 0.729. The van der Waals surface area contributed by atoms with Crippen LogP contribution in [0.5, 0.6) is 11.5 Å². The number of nitrogen functional groups attached to an aromatic ring is 1. The maximum Gasteiger partial charge on any atom is 0.255 e. The molecule has 0 radical (unpaired) electrons. The fourth-order valence-corrected chi connectivity index (χ4v) is 2.96. The summed E-state index contributed by atoms with van der Waals surface area (Å²) < 4.78 is 10.4. The van der Waals surface area contributed by atoms with E-state index in [2.05, 4.69) is 10.3 Å². The number of benzene rings is 2. The zero-order valence-electron chi connectivity index (χ0n) is 13.8. The van der Waals surface area contributed by atoms with E-state index in [1.807, 2.05) is 29.6 Å². The number of para-hydroxylation sites is 1. The molecule has 7 heteroatoms. The predicted molar refractivity (Wildman–Crippen MR) is 99.5 cm³/mol. The Hall–Kier alpha value is -3.06. The van der Waals surface area contributed by atoms with E-state index >= 15 is 0 Å². The van der Waals surface area contributed by atoms with Gasteiger partial charge in [0.25, 0.3) is 5.91 Å². The van der Waals surface area contributed by atoms with Crippen LogP contribution in [0.4, 0.5) is 10.8 Å². The van der Waals surface area contributed by atoms with Gasteiger partial charge in [0, 0.05) is 16.5 Å². The summed E-state index contributed by atoms with van der Waals surface area (Å²) in [7, 11) is 3.08. The third kappa shape index (κ3) is 3.56. The van der Waals surface area contributed by atoms with Crippen molar-refractivity contribution in [2.24, 2.45) is 0 Å². The fraction of sp³-hybridized carbons (Fsp3) is 0.111. The minimum atomic E-state index is -0.253. The van der Waals surface area contributed by atoms with Crippen molar-refractivity contribution in [3.8, 4) is 22.8 Å². The van der Waals surface area contributed by atoms with Gasteiger partial charge in [-0.3, -0.25) is 4.79 Å². The minimum absolute atomic E-state index is 0.253. The summed E-state index contributed by atoms with van der Waals surface area (Å²) in [5.74, 6) is 0.810. The van der Waals surface area contributed by atoms with Crippen LogP contribution >= 0.6 is 11.3 Å². The van der Waals surface area contributed by atoms with Gasteiger partial charge < -0.3 is 20.5 Å². The molecular formula is C18H17N3O3S. The van der Waals surface area contributed by atoms with E-state index in [-0.39, 0.29) is 5.91 Å². The Morgan fingerprint density at radius 1 is 1.12 bits per heavy atom. The van der Waals surface area contributed by atoms with Crippen LogP contribution in [0, 0.1) is 0 Å². The molecule has 0 fully saturated rings. The maximum atomic E-state index is 12.6. The number of ether oxygens (including phenoxy) is 2. The van der Waals surface area contributed by atoms with E-state index in [1.165, 1.54) is 18.4 Å². The van der Waals surface area contributed by atoms with E-state index < -0.39 is 0 Å². The van der Waals surface area contributed by atoms with Crippen LogP contribution in [0.25, 0.3) is 11.3 Å². The SMILES string of the molecule is COc1ccc(C(=O)Nc2ccccc2-c2csc(N)n2)cc1OC. The van der Waals surface area contributed by atoms with Crippen LogP contribution in [0.1, 0.15) is 10.4 Å². The molecule has 0 spiro atoms. The smallest absolute Gasteiger partial charge is 0.255 e. The standard InChI is InChI=1S/C18H17N3O3S/c1-23-15-8-7-11(9-16(15)24-2)17(22)20-13-6-4-3-5-12(13)14-10-25-18(19)21-14/h3-10H,1-2H3,(H2,19,21)(H,20,22). The van der Waals surface area contributed by atoms with Gasteiger partial charge in [-0.1, -0.05) is 18.2 Å². The van der Waals surface area contributed by atoms with Gasteiger partial charge in [-0.2, -0.15) is 0 Å². The summed E-state index contributed by atoms with van der Waals surface area (Å²) in [6.07, 6.45) is 0. The zero-order valence-corrected chi connectivity index (χ0v) is 14.6. The van der Waals surface area contributed by atoms with Gasteiger partial charge in [0.1, 0.15) is 0 Å². The number of thiazole rings is 1. The second-order valence-corrected chi connectivity index (χ2v) is 6.03. The van der Waals surface area contributed by atoms with E-state index in [9.17, 15) is 4.79 Å². The van der Waals surface area contributed by atoms with E-state index in [0.29, 0.717) is 27.9 Å². The first-order chi connectivity index (χ1) is 12.1. The summed E-state index contributed by atoms with van der Waals surface area (Å²) in [6.45, 7) is 0. The van der Waals surface area contributed by atoms with Gasteiger partial charge >= 0.3 is 0 Å². The first-order valence-electron chi connectivity index (χ1n) is 7.46. The monoisotopic (exact) mass is 355 g/mol. The molecule has 0 aliphatic rings. The molecule has 1 heterocycles. The number of aromatic nitrogens is 1. The number of carbonyl (C=O) groups is 1. The number of hydrogen-bond donors (Lipinski definition) is 2. The average molecular weight is 355 g/mol. The first-order valence-corrected chi connectivity index (χ1v) is 8.34. The van der Waals surface area contributed by atoms with Gasteiger partial charge in [0.2, 0.25) is 0 Å². The molecule has 0 saturated carbocycles. The van der Waals surface area contributed by atoms with Gasteiger partial charge in [-0.05, 0) is 24.3 Å². The molecule has 3 aromatic rings. The Balaban J connectivity index is 1.89. The molecular weight excluding hydrogens is 338 g/mol. The third-order valence-electron chi connectivity index (χ3n) is 3.62. The van der Waals surface area contributed by atoms with Gasteiger partial charge in [0.15, 0.2) is 16.6 Å². The summed E-state index contributed by atoms with van der Waals surface area (Å²) in [6, 6.07) is 12.5. The van der Waals surface area contributed by atoms with Crippen molar-refractivity contribution in [2.45, 2.75) is 0 Å². The predicted octanol–water partition coefficient (Wildman–Crippen LogP) is 3.66. The molecule has 0 aliphatic heterocycles. The Bertz CT molecular complexity index is 908. The van der Waals surface area contributed by atoms with Crippen molar-refractivity contribution in [3.05, 3.63) is 53.4 Å². The van der Waals surface area contributed by atoms with Crippen molar-refractivity contribution in [3.63, 3.8) is 0 Å². The van der Waals surface area contributed by atoms with Gasteiger partial charge in [-0.25, -0.2) is 4.98 Å². The fourth-order valence-electron chi connectivity index (χ4n) is 2.40. The molecule has 0 saturated heterocycles. The highest BCUT2D eigenvalue weighted by Gasteiger charge is 2.14. The number of nitrogens with one attached hydrogen (secondary N) is 1. The second kappa shape index (κ2) is 7.23. The number of anilines is 2. The summed E-state index contributed by atoms with van der Waals surface area (Å²) in [5, 5.41) is 5.25. The number of nitrogens with two attached hydrogens (primary N) is 1. The maximum absolute atomic E-state index is 12.6. The van der Waals surface area contributed by atoms with Crippen molar-refractivity contribution >= 4 is 28.1 Å². The highest BCUT2D eigenvalue weighted by Crippen LogP contribution is 2.31. The lowest BCUT2D eigenvalue weighted by Crippen LogP contribution is -2.13. The van der Waals surface area contributed by atoms with E-state index in [0.717, 1.165) is 11.3 Å². The molecule has 0 aliphatic carbocycles. The Morgan fingerprint density at radius 3 is 2.56 bits per heavy atom. The molecule has 25 heavy (non-hydrogen) atoms. The summed E-state index contributed by atoms with van der Waals surface area (Å²) >= 11 is 1.36. The molecule has 2 aromatic carbocycles. The molecule has 1 amide bonds. The Kier molecular flexibility index (Phi) is 4.85. The summed E-state index contributed by atoms with van der Waals surface area (Å²) in [5.41, 5.74) is 8.37. The number of methoxy groups -OCH3 is 2. The van der Waals surface area contributed by atoms with Gasteiger partial charge in [-0.15, -0.1) is 11.3 Å². The minimum Gasteiger partial charge on any atom is -0.493 e. The van der Waals surface area contributed by atoms with Crippen LogP contribution < -0.4 is 20.5 Å². The highest BCUT2D eigenvalue weighted by atomic mass is 32.1. The number of amides is 1. The first kappa shape index (κ1) is 16.8. The van der Waals surface area contributed by atoms with E-state index in [1.54, 1.807) is 25.3 Å². The third-order valence-corrected chi connectivity index (χ3v) is 4.29. The van der Waals surface area contributed by atoms with E-state index in [4.69, 9.17) is 15.2 Å². The number of carbonyl (C=O) groups excluding carboxylic acids is 1. The molecule has 128 valence electrons. The Labute approximate surface area is 149 Å². The van der Waals surface area contributed by atoms with Crippen LogP contribution in [0.15, 0.2) is 47.8 Å². The zero-order chi connectivity index (χ0) is 17.8. The highest BCUT2D eigenvalue weighted by molar-refractivity contribution is 7.13. The molecule has 6 nitrogen and oxygen atoms in total. The summed E-state index contributed by atoms with van der Waals surface area (Å²) in [4.78, 5) is 16.9. The molecule has 3 rings (SSSR count). The van der Waals surface area contributed by atoms with Crippen LogP contribution in [0.2, 0.25) is 0 Å². The van der Waals surface area contributed by atoms with Crippen molar-refractivity contribution < 1.29 is 14.3 Å². The second-order valence-electron chi connectivity index (χ2n) is 5.14. The van der Waals surface area contributed by atoms with Crippen LogP contribution in [0.3, 0.4) is 0 Å². The average Bonchev–Trinajstić information content (AvgIpc) is 3.07. The number of rotatable bonds is 5. The topological polar surface area (TPSA) is 86.5 Å². The normalized spacial score (nSPS) is 10.3. The molecule has 3 N–H and O–H groups in total. The molecule has 0 bridgehead atoms. The van der Waals surface area contributed by atoms with Crippen LogP contribution in [-0.2, 0) is 0 Å².